The zero-order valence-electron chi connectivity index (χ0n) is 14.0. The van der Waals surface area contributed by atoms with Crippen LogP contribution in [0.3, 0.4) is 0 Å². The number of hydrogen-bond donors (Lipinski definition) is 0. The third-order valence-electron chi connectivity index (χ3n) is 3.61. The van der Waals surface area contributed by atoms with Gasteiger partial charge in [-0.05, 0) is 30.7 Å². The molecule has 0 N–H and O–H groups in total. The van der Waals surface area contributed by atoms with Crippen molar-refractivity contribution in [3.63, 3.8) is 0 Å². The van der Waals surface area contributed by atoms with Gasteiger partial charge in [-0.3, -0.25) is 4.79 Å². The summed E-state index contributed by atoms with van der Waals surface area (Å²) in [6, 6.07) is 11.1. The summed E-state index contributed by atoms with van der Waals surface area (Å²) in [7, 11) is 3.46. The number of nitrogens with zero attached hydrogens (tertiary/aromatic N) is 4. The number of pyridine rings is 1. The van der Waals surface area contributed by atoms with Crippen LogP contribution in [-0.2, 0) is 6.54 Å². The summed E-state index contributed by atoms with van der Waals surface area (Å²) in [5.74, 6) is 0.623. The van der Waals surface area contributed by atoms with E-state index in [-0.39, 0.29) is 5.91 Å². The highest BCUT2D eigenvalue weighted by Gasteiger charge is 2.13. The fourth-order valence-corrected chi connectivity index (χ4v) is 2.58. The van der Waals surface area contributed by atoms with Crippen LogP contribution in [0.4, 0.5) is 5.82 Å². The molecule has 1 amide bonds. The van der Waals surface area contributed by atoms with Crippen molar-refractivity contribution in [3.05, 3.63) is 58.2 Å². The lowest BCUT2D eigenvalue weighted by Gasteiger charge is -2.23. The van der Waals surface area contributed by atoms with Gasteiger partial charge in [0.05, 0.1) is 10.6 Å². The minimum absolute atomic E-state index is 0.0225. The fourth-order valence-electron chi connectivity index (χ4n) is 2.29. The van der Waals surface area contributed by atoms with Crippen molar-refractivity contribution < 1.29 is 4.79 Å². The van der Waals surface area contributed by atoms with E-state index in [9.17, 15) is 4.79 Å². The molecule has 0 atom stereocenters. The van der Waals surface area contributed by atoms with E-state index in [1.165, 1.54) is 6.20 Å². The lowest BCUT2D eigenvalue weighted by molar-refractivity contribution is 0.0827. The molecule has 0 aliphatic rings. The van der Waals surface area contributed by atoms with E-state index in [2.05, 4.69) is 4.98 Å². The number of amides is 1. The van der Waals surface area contributed by atoms with E-state index in [1.807, 2.05) is 42.2 Å². The number of carbonyl (C=O) groups excluding carboxylic acids is 1. The van der Waals surface area contributed by atoms with Gasteiger partial charge in [-0.1, -0.05) is 23.7 Å². The molecule has 0 spiro atoms. The number of halogens is 1. The molecule has 6 heteroatoms. The Morgan fingerprint density at radius 1 is 1.29 bits per heavy atom. The Bertz CT molecular complexity index is 766. The zero-order valence-corrected chi connectivity index (χ0v) is 14.7. The number of hydrogen-bond acceptors (Lipinski definition) is 4. The van der Waals surface area contributed by atoms with Crippen LogP contribution >= 0.6 is 11.6 Å². The zero-order chi connectivity index (χ0) is 17.7. The first-order chi connectivity index (χ1) is 11.5. The molecule has 2 rings (SSSR count). The molecule has 0 saturated carbocycles. The second-order valence-corrected chi connectivity index (χ2v) is 5.96. The molecular formula is C18H19ClN4O. The first kappa shape index (κ1) is 17.8. The monoisotopic (exact) mass is 342 g/mol. The molecular weight excluding hydrogens is 324 g/mol. The number of benzene rings is 1. The van der Waals surface area contributed by atoms with Crippen molar-refractivity contribution in [2.75, 3.05) is 25.5 Å². The molecule has 1 aromatic heterocycles. The molecule has 2 aromatic rings. The number of carbonyl (C=O) groups is 1. The summed E-state index contributed by atoms with van der Waals surface area (Å²) in [6.07, 6.45) is 1.52. The quantitative estimate of drug-likeness (QED) is 0.836. The SMILES string of the molecule is CCN(Cc1ccc(C(=O)N(C)C)cc1)c1ncc(C#N)cc1Cl. The predicted octanol–water partition coefficient (Wildman–Crippen LogP) is 3.33. The van der Waals surface area contributed by atoms with Gasteiger partial charge in [0.1, 0.15) is 11.9 Å². The van der Waals surface area contributed by atoms with E-state index < -0.39 is 0 Å². The van der Waals surface area contributed by atoms with E-state index in [0.29, 0.717) is 28.5 Å². The third-order valence-corrected chi connectivity index (χ3v) is 3.89. The first-order valence-corrected chi connectivity index (χ1v) is 7.95. The molecule has 1 aromatic carbocycles. The minimum atomic E-state index is -0.0225. The molecule has 0 bridgehead atoms. The predicted molar refractivity (Wildman–Crippen MR) is 95.1 cm³/mol. The standard InChI is InChI=1S/C18H19ClN4O/c1-4-23(17-16(19)9-14(10-20)11-21-17)12-13-5-7-15(8-6-13)18(24)22(2)3/h5-9,11H,4,12H2,1-3H3. The summed E-state index contributed by atoms with van der Waals surface area (Å²) >= 11 is 6.24. The molecule has 0 radical (unpaired) electrons. The summed E-state index contributed by atoms with van der Waals surface area (Å²) in [5, 5.41) is 9.35. The highest BCUT2D eigenvalue weighted by Crippen LogP contribution is 2.25. The fraction of sp³-hybridized carbons (Fsp3) is 0.278. The number of rotatable bonds is 5. The summed E-state index contributed by atoms with van der Waals surface area (Å²) < 4.78 is 0. The van der Waals surface area contributed by atoms with E-state index in [1.54, 1.807) is 25.1 Å². The first-order valence-electron chi connectivity index (χ1n) is 7.57. The van der Waals surface area contributed by atoms with Gasteiger partial charge in [0.25, 0.3) is 5.91 Å². The van der Waals surface area contributed by atoms with Gasteiger partial charge >= 0.3 is 0 Å². The Balaban J connectivity index is 2.19. The Labute approximate surface area is 147 Å². The van der Waals surface area contributed by atoms with Crippen LogP contribution in [0, 0.1) is 11.3 Å². The van der Waals surface area contributed by atoms with Crippen molar-refractivity contribution in [2.45, 2.75) is 13.5 Å². The van der Waals surface area contributed by atoms with Crippen molar-refractivity contribution in [1.29, 1.82) is 5.26 Å². The number of anilines is 1. The summed E-state index contributed by atoms with van der Waals surface area (Å²) in [5.41, 5.74) is 2.14. The smallest absolute Gasteiger partial charge is 0.253 e. The molecule has 5 nitrogen and oxygen atoms in total. The van der Waals surface area contributed by atoms with Gasteiger partial charge in [-0.2, -0.15) is 5.26 Å². The molecule has 0 aliphatic carbocycles. The number of aromatic nitrogens is 1. The van der Waals surface area contributed by atoms with Gasteiger partial charge in [-0.15, -0.1) is 0 Å². The lowest BCUT2D eigenvalue weighted by atomic mass is 10.1. The molecule has 0 unspecified atom stereocenters. The van der Waals surface area contributed by atoms with E-state index in [0.717, 1.165) is 12.1 Å². The van der Waals surface area contributed by atoms with Crippen LogP contribution in [0.2, 0.25) is 5.02 Å². The Morgan fingerprint density at radius 2 is 1.96 bits per heavy atom. The maximum Gasteiger partial charge on any atom is 0.253 e. The van der Waals surface area contributed by atoms with Crippen LogP contribution in [0.25, 0.3) is 0 Å². The van der Waals surface area contributed by atoms with Crippen molar-refractivity contribution in [1.82, 2.24) is 9.88 Å². The molecule has 24 heavy (non-hydrogen) atoms. The van der Waals surface area contributed by atoms with Gasteiger partial charge in [0.15, 0.2) is 0 Å². The average Bonchev–Trinajstić information content (AvgIpc) is 2.59. The van der Waals surface area contributed by atoms with Gasteiger partial charge < -0.3 is 9.80 Å². The highest BCUT2D eigenvalue weighted by molar-refractivity contribution is 6.33. The van der Waals surface area contributed by atoms with Crippen molar-refractivity contribution in [3.8, 4) is 6.07 Å². The van der Waals surface area contributed by atoms with Gasteiger partial charge in [-0.25, -0.2) is 4.98 Å². The number of nitriles is 1. The largest absolute Gasteiger partial charge is 0.351 e. The minimum Gasteiger partial charge on any atom is -0.351 e. The molecule has 0 aliphatic heterocycles. The third kappa shape index (κ3) is 4.03. The van der Waals surface area contributed by atoms with Crippen LogP contribution in [0.5, 0.6) is 0 Å². The highest BCUT2D eigenvalue weighted by atomic mass is 35.5. The van der Waals surface area contributed by atoms with Crippen molar-refractivity contribution in [2.24, 2.45) is 0 Å². The van der Waals surface area contributed by atoms with E-state index in [4.69, 9.17) is 16.9 Å². The Hall–Kier alpha value is -2.58. The Morgan fingerprint density at radius 3 is 2.46 bits per heavy atom. The van der Waals surface area contributed by atoms with Crippen LogP contribution in [0.1, 0.15) is 28.4 Å². The maximum absolute atomic E-state index is 11.9. The average molecular weight is 343 g/mol. The van der Waals surface area contributed by atoms with Crippen LogP contribution in [-0.4, -0.2) is 36.4 Å². The second-order valence-electron chi connectivity index (χ2n) is 5.55. The molecule has 124 valence electrons. The molecule has 0 fully saturated rings. The summed E-state index contributed by atoms with van der Waals surface area (Å²) in [6.45, 7) is 3.35. The maximum atomic E-state index is 11.9. The lowest BCUT2D eigenvalue weighted by Crippen LogP contribution is -2.24. The van der Waals surface area contributed by atoms with Crippen LogP contribution < -0.4 is 4.90 Å². The van der Waals surface area contributed by atoms with Gasteiger partial charge in [0.2, 0.25) is 0 Å². The Kier molecular flexibility index (Phi) is 5.78. The molecule has 0 saturated heterocycles. The second kappa shape index (κ2) is 7.80. The van der Waals surface area contributed by atoms with Crippen molar-refractivity contribution >= 4 is 23.3 Å². The van der Waals surface area contributed by atoms with Crippen LogP contribution in [0.15, 0.2) is 36.5 Å². The van der Waals surface area contributed by atoms with E-state index >= 15 is 0 Å². The molecule has 1 heterocycles. The summed E-state index contributed by atoms with van der Waals surface area (Å²) in [4.78, 5) is 19.8. The van der Waals surface area contributed by atoms with Gasteiger partial charge in [0, 0.05) is 38.9 Å². The topological polar surface area (TPSA) is 60.2 Å². The normalized spacial score (nSPS) is 10.1.